The van der Waals surface area contributed by atoms with E-state index in [9.17, 15) is 35.7 Å². The lowest BCUT2D eigenvalue weighted by Crippen LogP contribution is -2.64. The van der Waals surface area contributed by atoms with E-state index in [1.165, 1.54) is 30.4 Å². The van der Waals surface area contributed by atoms with Crippen LogP contribution in [0.4, 0.5) is 0 Å². The van der Waals surface area contributed by atoms with Gasteiger partial charge in [-0.05, 0) is 58.3 Å². The molecule has 0 aromatic heterocycles. The standard InChI is InChI=1S/C30H50O11/c1-16(11-12-19-17(2)9-7-13-30(19,4)5)8-6-10-18(3)38-28-26(37)24(35)27(21(15-32)40-28)41-29-25(36)23(34)22(33)20(14-31)39-29/h6,8,10,18,20-29,31-37H,7,9,11-15H2,1-5H3/b10-6+,16-8+/t18?,20-,21-,22-,23+,24-,25-,26-,27-,28+,29+/m1/s1. The SMILES string of the molecule is CC1=C(CC/C(C)=C/C=C/C(C)O[C@H]2O[C@H](CO)[C@@H](O[C@@H]3O[C@H](CO)[C@@H](O)[C@H](O)[C@H]3O)[C@H](O)[C@H]2O)C(C)(C)CCC1. The first kappa shape index (κ1) is 34.3. The number of aliphatic hydroxyl groups is 7. The van der Waals surface area contributed by atoms with E-state index in [0.29, 0.717) is 0 Å². The molecule has 0 amide bonds. The average molecular weight is 587 g/mol. The summed E-state index contributed by atoms with van der Waals surface area (Å²) in [7, 11) is 0. The summed E-state index contributed by atoms with van der Waals surface area (Å²) >= 11 is 0. The van der Waals surface area contributed by atoms with Gasteiger partial charge in [-0.1, -0.05) is 48.8 Å². The second kappa shape index (κ2) is 15.0. The second-order valence-electron chi connectivity index (χ2n) is 12.2. The minimum absolute atomic E-state index is 0.248. The smallest absolute Gasteiger partial charge is 0.187 e. The van der Waals surface area contributed by atoms with Crippen LogP contribution in [-0.2, 0) is 18.9 Å². The molecule has 3 rings (SSSR count). The summed E-state index contributed by atoms with van der Waals surface area (Å²) in [5, 5.41) is 71.0. The summed E-state index contributed by atoms with van der Waals surface area (Å²) in [5.41, 5.74) is 4.55. The fourth-order valence-electron chi connectivity index (χ4n) is 5.93. The number of allylic oxidation sites excluding steroid dienone is 5. The predicted molar refractivity (Wildman–Crippen MR) is 149 cm³/mol. The van der Waals surface area contributed by atoms with Crippen LogP contribution in [0.25, 0.3) is 0 Å². The maximum atomic E-state index is 10.8. The zero-order valence-corrected chi connectivity index (χ0v) is 24.8. The van der Waals surface area contributed by atoms with E-state index in [0.717, 1.165) is 12.8 Å². The molecule has 0 spiro atoms. The van der Waals surface area contributed by atoms with Gasteiger partial charge in [-0.15, -0.1) is 0 Å². The van der Waals surface area contributed by atoms with Crippen molar-refractivity contribution in [2.24, 2.45) is 5.41 Å². The molecule has 2 fully saturated rings. The van der Waals surface area contributed by atoms with E-state index >= 15 is 0 Å². The Hall–Kier alpha value is -1.22. The quantitative estimate of drug-likeness (QED) is 0.135. The summed E-state index contributed by atoms with van der Waals surface area (Å²) in [5.74, 6) is 0. The van der Waals surface area contributed by atoms with Crippen molar-refractivity contribution in [2.45, 2.75) is 134 Å². The maximum Gasteiger partial charge on any atom is 0.187 e. The van der Waals surface area contributed by atoms with Crippen LogP contribution in [0.2, 0.25) is 0 Å². The summed E-state index contributed by atoms with van der Waals surface area (Å²) in [6.07, 6.45) is -3.97. The lowest BCUT2D eigenvalue weighted by Gasteiger charge is -2.46. The largest absolute Gasteiger partial charge is 0.394 e. The Labute approximate surface area is 242 Å². The van der Waals surface area contributed by atoms with Crippen molar-refractivity contribution < 1.29 is 54.7 Å². The third kappa shape index (κ3) is 8.45. The Kier molecular flexibility index (Phi) is 12.5. The van der Waals surface area contributed by atoms with E-state index < -0.39 is 80.7 Å². The first-order chi connectivity index (χ1) is 19.3. The molecular weight excluding hydrogens is 536 g/mol. The minimum atomic E-state index is -1.72. The molecule has 2 heterocycles. The monoisotopic (exact) mass is 586 g/mol. The number of rotatable bonds is 11. The molecule has 11 nitrogen and oxygen atoms in total. The fraction of sp³-hybridized carbons (Fsp3) is 0.800. The lowest BCUT2D eigenvalue weighted by atomic mass is 9.71. The molecular formula is C30H50O11. The van der Waals surface area contributed by atoms with Gasteiger partial charge in [-0.25, -0.2) is 0 Å². The summed E-state index contributed by atoms with van der Waals surface area (Å²) in [6.45, 7) is 9.47. The van der Waals surface area contributed by atoms with Crippen LogP contribution in [-0.4, -0.2) is 116 Å². The first-order valence-electron chi connectivity index (χ1n) is 14.6. The molecule has 0 aromatic carbocycles. The van der Waals surface area contributed by atoms with Gasteiger partial charge in [0.15, 0.2) is 12.6 Å². The van der Waals surface area contributed by atoms with Gasteiger partial charge in [0.1, 0.15) is 48.8 Å². The van der Waals surface area contributed by atoms with Crippen molar-refractivity contribution in [3.8, 4) is 0 Å². The summed E-state index contributed by atoms with van der Waals surface area (Å²) < 4.78 is 22.4. The van der Waals surface area contributed by atoms with Gasteiger partial charge in [0.25, 0.3) is 0 Å². The predicted octanol–water partition coefficient (Wildman–Crippen LogP) is 0.825. The van der Waals surface area contributed by atoms with Crippen molar-refractivity contribution in [1.29, 1.82) is 0 Å². The van der Waals surface area contributed by atoms with Gasteiger partial charge >= 0.3 is 0 Å². The van der Waals surface area contributed by atoms with Gasteiger partial charge < -0.3 is 54.7 Å². The molecule has 236 valence electrons. The van der Waals surface area contributed by atoms with Gasteiger partial charge in [0.05, 0.1) is 19.3 Å². The van der Waals surface area contributed by atoms with Crippen molar-refractivity contribution in [3.63, 3.8) is 0 Å². The van der Waals surface area contributed by atoms with E-state index in [1.54, 1.807) is 18.6 Å². The van der Waals surface area contributed by atoms with Crippen molar-refractivity contribution >= 4 is 0 Å². The summed E-state index contributed by atoms with van der Waals surface area (Å²) in [4.78, 5) is 0. The van der Waals surface area contributed by atoms with Gasteiger partial charge in [-0.3, -0.25) is 0 Å². The first-order valence-corrected chi connectivity index (χ1v) is 14.6. The zero-order chi connectivity index (χ0) is 30.5. The highest BCUT2D eigenvalue weighted by molar-refractivity contribution is 5.24. The molecule has 3 aliphatic rings. The van der Waals surface area contributed by atoms with Gasteiger partial charge in [-0.2, -0.15) is 0 Å². The highest BCUT2D eigenvalue weighted by Crippen LogP contribution is 2.42. The molecule has 0 saturated carbocycles. The van der Waals surface area contributed by atoms with E-state index in [-0.39, 0.29) is 5.41 Å². The van der Waals surface area contributed by atoms with Crippen molar-refractivity contribution in [1.82, 2.24) is 0 Å². The van der Waals surface area contributed by atoms with Crippen LogP contribution in [0.5, 0.6) is 0 Å². The number of ether oxygens (including phenoxy) is 4. The third-order valence-electron chi connectivity index (χ3n) is 8.53. The molecule has 0 aromatic rings. The topological polar surface area (TPSA) is 179 Å². The molecule has 0 bridgehead atoms. The highest BCUT2D eigenvalue weighted by atomic mass is 16.7. The van der Waals surface area contributed by atoms with Crippen LogP contribution in [0.15, 0.2) is 34.9 Å². The lowest BCUT2D eigenvalue weighted by molar-refractivity contribution is -0.361. The Balaban J connectivity index is 1.55. The summed E-state index contributed by atoms with van der Waals surface area (Å²) in [6, 6.07) is 0. The van der Waals surface area contributed by atoms with Crippen LogP contribution in [0.3, 0.4) is 0 Å². The third-order valence-corrected chi connectivity index (χ3v) is 8.53. The second-order valence-corrected chi connectivity index (χ2v) is 12.2. The van der Waals surface area contributed by atoms with Crippen molar-refractivity contribution in [3.05, 3.63) is 34.9 Å². The van der Waals surface area contributed by atoms with Gasteiger partial charge in [0.2, 0.25) is 0 Å². The van der Waals surface area contributed by atoms with Crippen LogP contribution in [0.1, 0.15) is 66.7 Å². The molecule has 1 aliphatic carbocycles. The average Bonchev–Trinajstić information content (AvgIpc) is 2.92. The Morgan fingerprint density at radius 2 is 1.59 bits per heavy atom. The molecule has 41 heavy (non-hydrogen) atoms. The normalized spacial score (nSPS) is 39.4. The molecule has 11 atom stereocenters. The van der Waals surface area contributed by atoms with E-state index in [1.807, 2.05) is 12.2 Å². The molecule has 2 saturated heterocycles. The maximum absolute atomic E-state index is 10.8. The fourth-order valence-corrected chi connectivity index (χ4v) is 5.93. The Bertz CT molecular complexity index is 927. The highest BCUT2D eigenvalue weighted by Gasteiger charge is 2.50. The molecule has 11 heteroatoms. The molecule has 2 aliphatic heterocycles. The Morgan fingerprint density at radius 1 is 0.951 bits per heavy atom. The van der Waals surface area contributed by atoms with E-state index in [2.05, 4.69) is 27.7 Å². The van der Waals surface area contributed by atoms with Crippen LogP contribution in [0, 0.1) is 5.41 Å². The van der Waals surface area contributed by atoms with Crippen LogP contribution < -0.4 is 0 Å². The Morgan fingerprint density at radius 3 is 2.22 bits per heavy atom. The molecule has 0 radical (unpaired) electrons. The molecule has 1 unspecified atom stereocenters. The minimum Gasteiger partial charge on any atom is -0.394 e. The van der Waals surface area contributed by atoms with Crippen LogP contribution >= 0.6 is 0 Å². The number of hydrogen-bond acceptors (Lipinski definition) is 11. The molecule has 7 N–H and O–H groups in total. The van der Waals surface area contributed by atoms with E-state index in [4.69, 9.17) is 18.9 Å². The number of aliphatic hydroxyl groups excluding tert-OH is 7. The zero-order valence-electron chi connectivity index (χ0n) is 24.8. The number of hydrogen-bond donors (Lipinski definition) is 7. The van der Waals surface area contributed by atoms with Crippen molar-refractivity contribution in [2.75, 3.05) is 13.2 Å². The van der Waals surface area contributed by atoms with Gasteiger partial charge in [0, 0.05) is 0 Å².